The lowest BCUT2D eigenvalue weighted by atomic mass is 10.2. The molecule has 0 unspecified atom stereocenters. The molecule has 14 heavy (non-hydrogen) atoms. The van der Waals surface area contributed by atoms with Crippen LogP contribution in [0.25, 0.3) is 0 Å². The van der Waals surface area contributed by atoms with Gasteiger partial charge in [-0.15, -0.1) is 0 Å². The molecule has 0 bridgehead atoms. The summed E-state index contributed by atoms with van der Waals surface area (Å²) in [5, 5.41) is 17.5. The summed E-state index contributed by atoms with van der Waals surface area (Å²) in [5.74, 6) is 0.619. The summed E-state index contributed by atoms with van der Waals surface area (Å²) in [5.41, 5.74) is 0. The van der Waals surface area contributed by atoms with Crippen LogP contribution in [0.3, 0.4) is 0 Å². The summed E-state index contributed by atoms with van der Waals surface area (Å²) in [6, 6.07) is 2.31. The molecular weight excluding hydrogens is 180 g/mol. The Balaban J connectivity index is 1.95. The van der Waals surface area contributed by atoms with E-state index in [0.717, 1.165) is 12.8 Å². The van der Waals surface area contributed by atoms with E-state index in [2.05, 4.69) is 6.07 Å². The third-order valence-corrected chi connectivity index (χ3v) is 3.09. The normalized spacial score (nSPS) is 33.7. The maximum absolute atomic E-state index is 11.7. The van der Waals surface area contributed by atoms with Gasteiger partial charge >= 0.3 is 0 Å². The summed E-state index contributed by atoms with van der Waals surface area (Å²) in [4.78, 5) is 13.4. The number of fused-ring (bicyclic) bond motifs is 1. The summed E-state index contributed by atoms with van der Waals surface area (Å²) in [6.45, 7) is 0.0465. The Labute approximate surface area is 83.1 Å². The van der Waals surface area contributed by atoms with Crippen molar-refractivity contribution in [3.8, 4) is 6.07 Å². The topological polar surface area (TPSA) is 64.3 Å². The summed E-state index contributed by atoms with van der Waals surface area (Å²) >= 11 is 0. The number of hydrogen-bond donors (Lipinski definition) is 1. The minimum Gasteiger partial charge on any atom is -0.396 e. The number of nitrogens with zero attached hydrogens (tertiary/aromatic N) is 2. The Morgan fingerprint density at radius 3 is 3.00 bits per heavy atom. The van der Waals surface area contributed by atoms with E-state index >= 15 is 0 Å². The Morgan fingerprint density at radius 1 is 1.57 bits per heavy atom. The highest BCUT2D eigenvalue weighted by molar-refractivity contribution is 5.78. The first-order valence-electron chi connectivity index (χ1n) is 5.09. The summed E-state index contributed by atoms with van der Waals surface area (Å²) in [7, 11) is 0. The van der Waals surface area contributed by atoms with Gasteiger partial charge in [0, 0.05) is 19.1 Å². The lowest BCUT2D eigenvalue weighted by Gasteiger charge is -2.22. The number of aliphatic hydroxyl groups excluding tert-OH is 1. The third-order valence-electron chi connectivity index (χ3n) is 3.09. The van der Waals surface area contributed by atoms with E-state index in [4.69, 9.17) is 10.4 Å². The maximum Gasteiger partial charge on any atom is 0.223 e. The third kappa shape index (κ3) is 1.48. The molecule has 76 valence electrons. The zero-order valence-corrected chi connectivity index (χ0v) is 8.02. The number of rotatable bonds is 3. The lowest BCUT2D eigenvalue weighted by Crippen LogP contribution is -2.37. The Kier molecular flexibility index (Phi) is 2.42. The lowest BCUT2D eigenvalue weighted by molar-refractivity contribution is -0.132. The van der Waals surface area contributed by atoms with Crippen LogP contribution >= 0.6 is 0 Å². The van der Waals surface area contributed by atoms with E-state index in [9.17, 15) is 4.79 Å². The van der Waals surface area contributed by atoms with Crippen molar-refractivity contribution >= 4 is 5.91 Å². The van der Waals surface area contributed by atoms with Gasteiger partial charge in [0.25, 0.3) is 0 Å². The van der Waals surface area contributed by atoms with Gasteiger partial charge in [0.2, 0.25) is 5.91 Å². The summed E-state index contributed by atoms with van der Waals surface area (Å²) in [6.07, 6.45) is 2.80. The number of aliphatic hydroxyl groups is 1. The molecule has 1 amide bonds. The molecule has 0 aromatic heterocycles. The van der Waals surface area contributed by atoms with Crippen molar-refractivity contribution in [1.82, 2.24) is 4.90 Å². The quantitative estimate of drug-likeness (QED) is 0.701. The molecule has 1 N–H and O–H groups in total. The molecule has 2 aliphatic rings. The maximum atomic E-state index is 11.7. The van der Waals surface area contributed by atoms with Crippen molar-refractivity contribution in [3.05, 3.63) is 0 Å². The highest BCUT2D eigenvalue weighted by atomic mass is 16.3. The average Bonchev–Trinajstić information content (AvgIpc) is 2.86. The molecule has 2 rings (SSSR count). The SMILES string of the molecule is N#C[C@@H]1C[C@@H]2C[C@@H]2N1C(=O)CCCO. The van der Waals surface area contributed by atoms with E-state index in [1.807, 2.05) is 0 Å². The number of amides is 1. The van der Waals surface area contributed by atoms with E-state index in [1.54, 1.807) is 4.90 Å². The molecule has 1 aliphatic carbocycles. The Bertz CT molecular complexity index is 284. The van der Waals surface area contributed by atoms with Crippen molar-refractivity contribution in [3.63, 3.8) is 0 Å². The zero-order valence-electron chi connectivity index (χ0n) is 8.02. The highest BCUT2D eigenvalue weighted by Crippen LogP contribution is 2.47. The predicted octanol–water partition coefficient (Wildman–Crippen LogP) is 0.272. The number of carbonyl (C=O) groups excluding carboxylic acids is 1. The van der Waals surface area contributed by atoms with Crippen LogP contribution in [0, 0.1) is 17.2 Å². The van der Waals surface area contributed by atoms with Gasteiger partial charge in [0.05, 0.1) is 6.07 Å². The van der Waals surface area contributed by atoms with Crippen LogP contribution in [0.1, 0.15) is 25.7 Å². The highest BCUT2D eigenvalue weighted by Gasteiger charge is 2.53. The van der Waals surface area contributed by atoms with Crippen LogP contribution in [-0.2, 0) is 4.79 Å². The van der Waals surface area contributed by atoms with Gasteiger partial charge in [-0.3, -0.25) is 4.79 Å². The molecule has 1 saturated heterocycles. The second-order valence-corrected chi connectivity index (χ2v) is 4.07. The molecule has 1 saturated carbocycles. The number of carbonyl (C=O) groups is 1. The molecule has 0 aromatic rings. The fourth-order valence-electron chi connectivity index (χ4n) is 2.29. The predicted molar refractivity (Wildman–Crippen MR) is 49.1 cm³/mol. The van der Waals surface area contributed by atoms with E-state index < -0.39 is 0 Å². The van der Waals surface area contributed by atoms with Gasteiger partial charge in [0.15, 0.2) is 0 Å². The van der Waals surface area contributed by atoms with Crippen molar-refractivity contribution in [2.24, 2.45) is 5.92 Å². The van der Waals surface area contributed by atoms with Gasteiger partial charge in [-0.1, -0.05) is 0 Å². The minimum atomic E-state index is -0.204. The van der Waals surface area contributed by atoms with Crippen LogP contribution in [0.5, 0.6) is 0 Å². The first-order valence-corrected chi connectivity index (χ1v) is 5.09. The minimum absolute atomic E-state index is 0.0376. The smallest absolute Gasteiger partial charge is 0.223 e. The first-order chi connectivity index (χ1) is 6.77. The Morgan fingerprint density at radius 2 is 2.36 bits per heavy atom. The van der Waals surface area contributed by atoms with Crippen molar-refractivity contribution in [2.45, 2.75) is 37.8 Å². The Hall–Kier alpha value is -1.08. The monoisotopic (exact) mass is 194 g/mol. The van der Waals surface area contributed by atoms with Crippen molar-refractivity contribution < 1.29 is 9.90 Å². The molecule has 4 nitrogen and oxygen atoms in total. The first kappa shape index (κ1) is 9.47. The van der Waals surface area contributed by atoms with E-state index in [1.165, 1.54) is 0 Å². The standard InChI is InChI=1S/C10H14N2O2/c11-6-8-4-7-5-9(7)12(8)10(14)2-1-3-13/h7-9,13H,1-5H2/t7-,8+,9+/m1/s1. The number of nitriles is 1. The largest absolute Gasteiger partial charge is 0.396 e. The average molecular weight is 194 g/mol. The van der Waals surface area contributed by atoms with Gasteiger partial charge in [-0.05, 0) is 25.2 Å². The van der Waals surface area contributed by atoms with Gasteiger partial charge < -0.3 is 10.0 Å². The molecule has 3 atom stereocenters. The molecule has 0 spiro atoms. The van der Waals surface area contributed by atoms with Crippen molar-refractivity contribution in [2.75, 3.05) is 6.61 Å². The van der Waals surface area contributed by atoms with E-state index in [-0.39, 0.29) is 18.6 Å². The molecular formula is C10H14N2O2. The van der Waals surface area contributed by atoms with Gasteiger partial charge in [-0.2, -0.15) is 5.26 Å². The molecule has 4 heteroatoms. The van der Waals surface area contributed by atoms with Gasteiger partial charge in [-0.25, -0.2) is 0 Å². The molecule has 1 heterocycles. The number of piperidine rings is 1. The van der Waals surface area contributed by atoms with Crippen LogP contribution < -0.4 is 0 Å². The molecule has 2 fully saturated rings. The number of likely N-dealkylation sites (tertiary alicyclic amines) is 1. The molecule has 1 aliphatic heterocycles. The van der Waals surface area contributed by atoms with Crippen LogP contribution in [0.15, 0.2) is 0 Å². The zero-order chi connectivity index (χ0) is 10.1. The number of hydrogen-bond acceptors (Lipinski definition) is 3. The second-order valence-electron chi connectivity index (χ2n) is 4.07. The van der Waals surface area contributed by atoms with Crippen LogP contribution in [-0.4, -0.2) is 34.6 Å². The van der Waals surface area contributed by atoms with E-state index in [0.29, 0.717) is 24.8 Å². The van der Waals surface area contributed by atoms with Crippen molar-refractivity contribution in [1.29, 1.82) is 5.26 Å². The second kappa shape index (κ2) is 3.58. The molecule has 0 radical (unpaired) electrons. The fourth-order valence-corrected chi connectivity index (χ4v) is 2.29. The van der Waals surface area contributed by atoms with Crippen LogP contribution in [0.2, 0.25) is 0 Å². The van der Waals surface area contributed by atoms with Crippen LogP contribution in [0.4, 0.5) is 0 Å². The summed E-state index contributed by atoms with van der Waals surface area (Å²) < 4.78 is 0. The van der Waals surface area contributed by atoms with Gasteiger partial charge in [0.1, 0.15) is 6.04 Å². The molecule has 0 aromatic carbocycles. The fraction of sp³-hybridized carbons (Fsp3) is 0.800.